The fourth-order valence-corrected chi connectivity index (χ4v) is 4.52. The number of aromatic amines is 1. The van der Waals surface area contributed by atoms with Gasteiger partial charge in [-0.15, -0.1) is 0 Å². The molecule has 0 amide bonds. The number of hydrogen-bond acceptors (Lipinski definition) is 6. The van der Waals surface area contributed by atoms with Crippen LogP contribution in [0.4, 0.5) is 11.5 Å². The minimum absolute atomic E-state index is 0.0248. The van der Waals surface area contributed by atoms with Crippen LogP contribution in [0.1, 0.15) is 25.3 Å². The predicted octanol–water partition coefficient (Wildman–Crippen LogP) is 2.84. The van der Waals surface area contributed by atoms with E-state index in [2.05, 4.69) is 33.0 Å². The van der Waals surface area contributed by atoms with Crippen molar-refractivity contribution in [2.24, 2.45) is 0 Å². The molecular weight excluding hydrogens is 394 g/mol. The van der Waals surface area contributed by atoms with Crippen LogP contribution < -0.4 is 20.1 Å². The Kier molecular flexibility index (Phi) is 7.14. The summed E-state index contributed by atoms with van der Waals surface area (Å²) in [6.07, 6.45) is 3.21. The van der Waals surface area contributed by atoms with Crippen LogP contribution in [0.3, 0.4) is 0 Å². The molecule has 0 saturated carbocycles. The Hall–Kier alpha value is -2.51. The maximum absolute atomic E-state index is 12.4. The zero-order valence-electron chi connectivity index (χ0n) is 18.5. The summed E-state index contributed by atoms with van der Waals surface area (Å²) in [5, 5.41) is 0. The van der Waals surface area contributed by atoms with Crippen molar-refractivity contribution < 1.29 is 14.2 Å². The number of hydrogen-bond donors (Lipinski definition) is 1. The molecule has 1 aromatic heterocycles. The summed E-state index contributed by atoms with van der Waals surface area (Å²) >= 11 is 0. The number of methoxy groups -OCH3 is 1. The Labute approximate surface area is 183 Å². The average Bonchev–Trinajstić information content (AvgIpc) is 3.24. The standard InChI is InChI=1S/C24H33N3O4/c1-18(17-29-2)31-22-7-5-19(6-8-22)14-20-4-3-9-27(20)23-15-21(16-24(28)25-23)26-10-12-30-13-11-26/h5-8,15-16,18,20H,3-4,9-14,17H2,1-2H3,(H,25,28). The number of morpholine rings is 1. The van der Waals surface area contributed by atoms with E-state index in [9.17, 15) is 4.79 Å². The van der Waals surface area contributed by atoms with Gasteiger partial charge in [-0.2, -0.15) is 0 Å². The Morgan fingerprint density at radius 1 is 1.16 bits per heavy atom. The number of anilines is 2. The summed E-state index contributed by atoms with van der Waals surface area (Å²) in [6.45, 7) is 6.59. The first kappa shape index (κ1) is 21.7. The molecule has 2 aromatic rings. The maximum atomic E-state index is 12.4. The summed E-state index contributed by atoms with van der Waals surface area (Å²) in [7, 11) is 1.68. The van der Waals surface area contributed by atoms with Gasteiger partial charge >= 0.3 is 0 Å². The molecule has 7 heteroatoms. The number of nitrogens with zero attached hydrogens (tertiary/aromatic N) is 2. The van der Waals surface area contributed by atoms with Crippen molar-refractivity contribution in [3.05, 3.63) is 52.3 Å². The lowest BCUT2D eigenvalue weighted by Gasteiger charge is -2.31. The summed E-state index contributed by atoms with van der Waals surface area (Å²) in [4.78, 5) is 20.0. The summed E-state index contributed by atoms with van der Waals surface area (Å²) in [5.74, 6) is 1.78. The van der Waals surface area contributed by atoms with Gasteiger partial charge in [0.05, 0.1) is 19.8 Å². The van der Waals surface area contributed by atoms with Crippen molar-refractivity contribution in [3.8, 4) is 5.75 Å². The molecule has 0 aliphatic carbocycles. The minimum Gasteiger partial charge on any atom is -0.488 e. The molecule has 1 N–H and O–H groups in total. The van der Waals surface area contributed by atoms with E-state index in [1.165, 1.54) is 5.56 Å². The third-order valence-corrected chi connectivity index (χ3v) is 6.01. The van der Waals surface area contributed by atoms with Crippen molar-refractivity contribution in [2.75, 3.05) is 56.4 Å². The summed E-state index contributed by atoms with van der Waals surface area (Å²) in [5.41, 5.74) is 2.21. The average molecular weight is 428 g/mol. The topological polar surface area (TPSA) is 67.0 Å². The molecule has 2 aliphatic heterocycles. The predicted molar refractivity (Wildman–Crippen MR) is 123 cm³/mol. The first-order valence-corrected chi connectivity index (χ1v) is 11.2. The normalized spacial score (nSPS) is 20.1. The van der Waals surface area contributed by atoms with Crippen molar-refractivity contribution in [1.29, 1.82) is 0 Å². The lowest BCUT2D eigenvalue weighted by atomic mass is 10.0. The lowest BCUT2D eigenvalue weighted by molar-refractivity contribution is 0.0921. The van der Waals surface area contributed by atoms with E-state index in [0.717, 1.165) is 56.2 Å². The highest BCUT2D eigenvalue weighted by atomic mass is 16.5. The molecule has 7 nitrogen and oxygen atoms in total. The molecule has 0 bridgehead atoms. The molecule has 1 aromatic carbocycles. The fraction of sp³-hybridized carbons (Fsp3) is 0.542. The van der Waals surface area contributed by atoms with Crippen LogP contribution in [0.25, 0.3) is 0 Å². The van der Waals surface area contributed by atoms with E-state index in [0.29, 0.717) is 25.9 Å². The SMILES string of the molecule is COCC(C)Oc1ccc(CC2CCCN2c2cc(N3CCOCC3)cc(=O)[nH]2)cc1. The number of H-pyrrole nitrogens is 1. The van der Waals surface area contributed by atoms with Crippen molar-refractivity contribution in [1.82, 2.24) is 4.98 Å². The largest absolute Gasteiger partial charge is 0.488 e. The Morgan fingerprint density at radius 3 is 2.68 bits per heavy atom. The zero-order chi connectivity index (χ0) is 21.6. The molecule has 2 saturated heterocycles. The molecule has 3 heterocycles. The molecule has 31 heavy (non-hydrogen) atoms. The van der Waals surface area contributed by atoms with Crippen LogP contribution in [0.15, 0.2) is 41.2 Å². The van der Waals surface area contributed by atoms with Crippen LogP contribution in [0, 0.1) is 0 Å². The third kappa shape index (κ3) is 5.60. The summed E-state index contributed by atoms with van der Waals surface area (Å²) < 4.78 is 16.5. The van der Waals surface area contributed by atoms with Gasteiger partial charge in [0.25, 0.3) is 5.56 Å². The Morgan fingerprint density at radius 2 is 1.94 bits per heavy atom. The molecule has 2 unspecified atom stereocenters. The second-order valence-corrected chi connectivity index (χ2v) is 8.41. The van der Waals surface area contributed by atoms with Gasteiger partial charge in [0.2, 0.25) is 0 Å². The van der Waals surface area contributed by atoms with E-state index in [1.807, 2.05) is 19.1 Å². The molecule has 2 atom stereocenters. The van der Waals surface area contributed by atoms with Gasteiger partial charge < -0.3 is 29.0 Å². The van der Waals surface area contributed by atoms with Crippen molar-refractivity contribution in [2.45, 2.75) is 38.3 Å². The second-order valence-electron chi connectivity index (χ2n) is 8.41. The monoisotopic (exact) mass is 427 g/mol. The van der Waals surface area contributed by atoms with E-state index in [1.54, 1.807) is 13.2 Å². The van der Waals surface area contributed by atoms with Crippen LogP contribution in [-0.2, 0) is 15.9 Å². The molecule has 0 radical (unpaired) electrons. The highest BCUT2D eigenvalue weighted by Crippen LogP contribution is 2.29. The molecular formula is C24H33N3O4. The molecule has 168 valence electrons. The number of nitrogens with one attached hydrogen (secondary N) is 1. The zero-order valence-corrected chi connectivity index (χ0v) is 18.5. The molecule has 2 aliphatic rings. The number of benzene rings is 1. The van der Waals surface area contributed by atoms with E-state index >= 15 is 0 Å². The van der Waals surface area contributed by atoms with Gasteiger partial charge in [0, 0.05) is 50.6 Å². The van der Waals surface area contributed by atoms with E-state index in [-0.39, 0.29) is 11.7 Å². The summed E-state index contributed by atoms with van der Waals surface area (Å²) in [6, 6.07) is 12.5. The third-order valence-electron chi connectivity index (χ3n) is 6.01. The van der Waals surface area contributed by atoms with Crippen LogP contribution in [0.2, 0.25) is 0 Å². The van der Waals surface area contributed by atoms with Crippen LogP contribution >= 0.6 is 0 Å². The number of aromatic nitrogens is 1. The van der Waals surface area contributed by atoms with Gasteiger partial charge in [-0.25, -0.2) is 0 Å². The maximum Gasteiger partial charge on any atom is 0.251 e. The van der Waals surface area contributed by atoms with E-state index < -0.39 is 0 Å². The second kappa shape index (κ2) is 10.2. The number of pyridine rings is 1. The number of rotatable bonds is 8. The van der Waals surface area contributed by atoms with Crippen molar-refractivity contribution in [3.63, 3.8) is 0 Å². The van der Waals surface area contributed by atoms with Gasteiger partial charge in [0.15, 0.2) is 0 Å². The van der Waals surface area contributed by atoms with Gasteiger partial charge in [-0.3, -0.25) is 4.79 Å². The van der Waals surface area contributed by atoms with Gasteiger partial charge in [-0.1, -0.05) is 12.1 Å². The smallest absolute Gasteiger partial charge is 0.251 e. The molecule has 4 rings (SSSR count). The lowest BCUT2D eigenvalue weighted by Crippen LogP contribution is -2.37. The first-order valence-electron chi connectivity index (χ1n) is 11.2. The highest BCUT2D eigenvalue weighted by molar-refractivity contribution is 5.56. The molecule has 2 fully saturated rings. The van der Waals surface area contributed by atoms with E-state index in [4.69, 9.17) is 14.2 Å². The quantitative estimate of drug-likeness (QED) is 0.699. The Bertz CT molecular complexity index is 892. The molecule has 0 spiro atoms. The van der Waals surface area contributed by atoms with Crippen molar-refractivity contribution >= 4 is 11.5 Å². The first-order chi connectivity index (χ1) is 15.1. The van der Waals surface area contributed by atoms with Gasteiger partial charge in [-0.05, 0) is 43.9 Å². The van der Waals surface area contributed by atoms with Crippen LogP contribution in [0.5, 0.6) is 5.75 Å². The fourth-order valence-electron chi connectivity index (χ4n) is 4.52. The van der Waals surface area contributed by atoms with Crippen LogP contribution in [-0.4, -0.2) is 63.7 Å². The highest BCUT2D eigenvalue weighted by Gasteiger charge is 2.26. The number of ether oxygens (including phenoxy) is 3. The van der Waals surface area contributed by atoms with Gasteiger partial charge in [0.1, 0.15) is 17.7 Å². The minimum atomic E-state index is -0.0451. The Balaban J connectivity index is 1.44.